The Balaban J connectivity index is 1.86. The average molecular weight is 286 g/mol. The van der Waals surface area contributed by atoms with Crippen molar-refractivity contribution in [3.8, 4) is 0 Å². The molecule has 3 nitrogen and oxygen atoms in total. The lowest BCUT2D eigenvalue weighted by Gasteiger charge is -2.29. The van der Waals surface area contributed by atoms with Crippen molar-refractivity contribution in [3.05, 3.63) is 50.7 Å². The molecule has 0 radical (unpaired) electrons. The minimum absolute atomic E-state index is 0.125. The van der Waals surface area contributed by atoms with Crippen LogP contribution < -0.4 is 5.73 Å². The molecule has 0 saturated heterocycles. The van der Waals surface area contributed by atoms with Crippen molar-refractivity contribution in [1.29, 1.82) is 0 Å². The van der Waals surface area contributed by atoms with Crippen molar-refractivity contribution < 1.29 is 4.79 Å². The van der Waals surface area contributed by atoms with Crippen molar-refractivity contribution >= 4 is 22.9 Å². The van der Waals surface area contributed by atoms with E-state index in [1.165, 1.54) is 16.0 Å². The highest BCUT2D eigenvalue weighted by Crippen LogP contribution is 2.27. The van der Waals surface area contributed by atoms with Gasteiger partial charge in [-0.05, 0) is 49.1 Å². The fraction of sp³-hybridized carbons (Fsp3) is 0.312. The van der Waals surface area contributed by atoms with Gasteiger partial charge in [-0.1, -0.05) is 12.1 Å². The van der Waals surface area contributed by atoms with E-state index in [4.69, 9.17) is 5.73 Å². The Morgan fingerprint density at radius 3 is 2.85 bits per heavy atom. The molecule has 1 aliphatic rings. The largest absolute Gasteiger partial charge is 0.398 e. The molecule has 2 N–H and O–H groups in total. The molecule has 4 heteroatoms. The number of hydrogen-bond acceptors (Lipinski definition) is 3. The van der Waals surface area contributed by atoms with E-state index in [2.05, 4.69) is 13.0 Å². The number of carbonyl (C=O) groups is 1. The van der Waals surface area contributed by atoms with Gasteiger partial charge in [0.05, 0.1) is 4.88 Å². The number of aryl methyl sites for hydroxylation is 2. The van der Waals surface area contributed by atoms with E-state index in [1.54, 1.807) is 11.3 Å². The third-order valence-corrected chi connectivity index (χ3v) is 5.11. The zero-order valence-electron chi connectivity index (χ0n) is 11.8. The van der Waals surface area contributed by atoms with E-state index in [1.807, 2.05) is 30.0 Å². The predicted octanol–water partition coefficient (Wildman–Crippen LogP) is 3.15. The van der Waals surface area contributed by atoms with Crippen LogP contribution in [-0.4, -0.2) is 17.4 Å². The third-order valence-electron chi connectivity index (χ3n) is 3.97. The molecule has 1 aliphatic heterocycles. The summed E-state index contributed by atoms with van der Waals surface area (Å²) in [5.41, 5.74) is 10.4. The maximum atomic E-state index is 12.6. The number of benzene rings is 1. The van der Waals surface area contributed by atoms with Crippen molar-refractivity contribution in [1.82, 2.24) is 4.90 Å². The van der Waals surface area contributed by atoms with Gasteiger partial charge >= 0.3 is 0 Å². The van der Waals surface area contributed by atoms with Crippen LogP contribution in [0.5, 0.6) is 0 Å². The van der Waals surface area contributed by atoms with E-state index in [9.17, 15) is 4.79 Å². The molecule has 0 saturated carbocycles. The number of nitrogens with two attached hydrogens (primary N) is 1. The summed E-state index contributed by atoms with van der Waals surface area (Å²) in [5, 5.41) is 0. The minimum Gasteiger partial charge on any atom is -0.398 e. The highest BCUT2D eigenvalue weighted by molar-refractivity contribution is 7.14. The number of carbonyl (C=O) groups excluding carboxylic acids is 1. The van der Waals surface area contributed by atoms with Crippen LogP contribution >= 0.6 is 11.3 Å². The van der Waals surface area contributed by atoms with E-state index in [-0.39, 0.29) is 5.91 Å². The molecule has 0 aliphatic carbocycles. The van der Waals surface area contributed by atoms with Crippen LogP contribution in [0.2, 0.25) is 0 Å². The molecule has 0 fully saturated rings. The van der Waals surface area contributed by atoms with Crippen LogP contribution in [0.4, 0.5) is 5.69 Å². The van der Waals surface area contributed by atoms with Gasteiger partial charge in [0, 0.05) is 23.7 Å². The second-order valence-corrected chi connectivity index (χ2v) is 6.57. The van der Waals surface area contributed by atoms with Gasteiger partial charge in [-0.25, -0.2) is 0 Å². The molecule has 2 heterocycles. The summed E-state index contributed by atoms with van der Waals surface area (Å²) in [7, 11) is 0. The Morgan fingerprint density at radius 1 is 1.35 bits per heavy atom. The van der Waals surface area contributed by atoms with Gasteiger partial charge in [-0.3, -0.25) is 4.79 Å². The molecule has 1 aromatic carbocycles. The monoisotopic (exact) mass is 286 g/mol. The molecule has 0 bridgehead atoms. The molecule has 0 unspecified atom stereocenters. The second kappa shape index (κ2) is 4.94. The number of rotatable bonds is 1. The molecule has 20 heavy (non-hydrogen) atoms. The Hall–Kier alpha value is -1.81. The van der Waals surface area contributed by atoms with Crippen LogP contribution in [0.25, 0.3) is 0 Å². The summed E-state index contributed by atoms with van der Waals surface area (Å²) < 4.78 is 0. The number of nitrogen functional groups attached to an aromatic ring is 1. The predicted molar refractivity (Wildman–Crippen MR) is 83.1 cm³/mol. The van der Waals surface area contributed by atoms with E-state index in [0.29, 0.717) is 6.54 Å². The van der Waals surface area contributed by atoms with E-state index < -0.39 is 0 Å². The number of nitrogens with zero attached hydrogens (tertiary/aromatic N) is 1. The van der Waals surface area contributed by atoms with Crippen molar-refractivity contribution in [2.75, 3.05) is 12.3 Å². The number of thiophene rings is 1. The molecular formula is C16H18N2OS. The first-order valence-electron chi connectivity index (χ1n) is 6.79. The maximum Gasteiger partial charge on any atom is 0.264 e. The molecule has 3 rings (SSSR count). The van der Waals surface area contributed by atoms with Crippen molar-refractivity contribution in [3.63, 3.8) is 0 Å². The lowest BCUT2D eigenvalue weighted by atomic mass is 9.98. The Bertz CT molecular complexity index is 656. The number of fused-ring (bicyclic) bond motifs is 1. The summed E-state index contributed by atoms with van der Waals surface area (Å²) in [6.07, 6.45) is 0.884. The zero-order valence-corrected chi connectivity index (χ0v) is 12.6. The summed E-state index contributed by atoms with van der Waals surface area (Å²) in [6, 6.07) is 7.99. The van der Waals surface area contributed by atoms with Crippen LogP contribution in [0, 0.1) is 13.8 Å². The first-order valence-corrected chi connectivity index (χ1v) is 7.60. The Kier molecular flexibility index (Phi) is 3.26. The van der Waals surface area contributed by atoms with Gasteiger partial charge in [0.15, 0.2) is 0 Å². The smallest absolute Gasteiger partial charge is 0.264 e. The van der Waals surface area contributed by atoms with Gasteiger partial charge in [-0.15, -0.1) is 11.3 Å². The first kappa shape index (κ1) is 13.2. The molecule has 1 aromatic heterocycles. The van der Waals surface area contributed by atoms with Crippen molar-refractivity contribution in [2.45, 2.75) is 26.8 Å². The zero-order chi connectivity index (χ0) is 14.3. The number of amides is 1. The summed E-state index contributed by atoms with van der Waals surface area (Å²) in [4.78, 5) is 16.5. The number of anilines is 1. The third kappa shape index (κ3) is 2.20. The fourth-order valence-electron chi connectivity index (χ4n) is 2.61. The van der Waals surface area contributed by atoms with Crippen molar-refractivity contribution in [2.24, 2.45) is 0 Å². The van der Waals surface area contributed by atoms with Gasteiger partial charge in [0.2, 0.25) is 0 Å². The highest BCUT2D eigenvalue weighted by Gasteiger charge is 2.24. The van der Waals surface area contributed by atoms with E-state index in [0.717, 1.165) is 29.1 Å². The lowest BCUT2D eigenvalue weighted by molar-refractivity contribution is 0.0740. The van der Waals surface area contributed by atoms with Crippen LogP contribution in [-0.2, 0) is 13.0 Å². The normalized spacial score (nSPS) is 14.2. The second-order valence-electron chi connectivity index (χ2n) is 5.31. The summed E-state index contributed by atoms with van der Waals surface area (Å²) in [5.74, 6) is 0.125. The summed E-state index contributed by atoms with van der Waals surface area (Å²) in [6.45, 7) is 5.49. The van der Waals surface area contributed by atoms with Gasteiger partial charge in [0.25, 0.3) is 5.91 Å². The molecule has 2 aromatic rings. The standard InChI is InChI=1S/C16H18N2OS/c1-10-8-15(20-11(10)2)16(19)18-7-6-12-4-3-5-14(17)13(12)9-18/h3-5,8H,6-7,9,17H2,1-2H3. The highest BCUT2D eigenvalue weighted by atomic mass is 32.1. The van der Waals surface area contributed by atoms with Crippen LogP contribution in [0.15, 0.2) is 24.3 Å². The molecule has 1 amide bonds. The quantitative estimate of drug-likeness (QED) is 0.819. The maximum absolute atomic E-state index is 12.6. The average Bonchev–Trinajstić information content (AvgIpc) is 2.78. The molecule has 0 atom stereocenters. The van der Waals surface area contributed by atoms with Crippen LogP contribution in [0.1, 0.15) is 31.2 Å². The number of hydrogen-bond donors (Lipinski definition) is 1. The molecular weight excluding hydrogens is 268 g/mol. The Labute approximate surface area is 123 Å². The SMILES string of the molecule is Cc1cc(C(=O)N2CCc3cccc(N)c3C2)sc1C. The van der Waals surface area contributed by atoms with Crippen LogP contribution in [0.3, 0.4) is 0 Å². The van der Waals surface area contributed by atoms with E-state index >= 15 is 0 Å². The van der Waals surface area contributed by atoms with Gasteiger partial charge in [0.1, 0.15) is 0 Å². The summed E-state index contributed by atoms with van der Waals surface area (Å²) >= 11 is 1.58. The Morgan fingerprint density at radius 2 is 2.15 bits per heavy atom. The fourth-order valence-corrected chi connectivity index (χ4v) is 3.62. The first-order chi connectivity index (χ1) is 9.56. The topological polar surface area (TPSA) is 46.3 Å². The van der Waals surface area contributed by atoms with Gasteiger partial charge < -0.3 is 10.6 Å². The molecule has 0 spiro atoms. The lowest BCUT2D eigenvalue weighted by Crippen LogP contribution is -2.35. The minimum atomic E-state index is 0.125. The molecule has 104 valence electrons. The van der Waals surface area contributed by atoms with Gasteiger partial charge in [-0.2, -0.15) is 0 Å².